The molecule has 2 aromatic carbocycles. The van der Waals surface area contributed by atoms with Crippen molar-refractivity contribution in [1.82, 2.24) is 5.32 Å². The average Bonchev–Trinajstić information content (AvgIpc) is 2.66. The molecule has 148 valence electrons. The van der Waals surface area contributed by atoms with Gasteiger partial charge in [-0.3, -0.25) is 4.79 Å². The minimum absolute atomic E-state index is 0. The average molecular weight is 394 g/mol. The van der Waals surface area contributed by atoms with Crippen LogP contribution < -0.4 is 10.1 Å². The fourth-order valence-corrected chi connectivity index (χ4v) is 2.59. The number of benzene rings is 2. The summed E-state index contributed by atoms with van der Waals surface area (Å²) >= 11 is 0. The van der Waals surface area contributed by atoms with E-state index in [0.717, 1.165) is 18.5 Å². The summed E-state index contributed by atoms with van der Waals surface area (Å²) in [4.78, 5) is 12.6. The zero-order valence-electron chi connectivity index (χ0n) is 15.6. The molecule has 0 aliphatic heterocycles. The molecule has 0 radical (unpaired) electrons. The van der Waals surface area contributed by atoms with Crippen LogP contribution in [0.2, 0.25) is 0 Å². The van der Waals surface area contributed by atoms with E-state index in [4.69, 9.17) is 4.74 Å². The Morgan fingerprint density at radius 3 is 2.63 bits per heavy atom. The number of ether oxygens (including phenoxy) is 1. The summed E-state index contributed by atoms with van der Waals surface area (Å²) < 4.78 is 5.64. The Balaban J connectivity index is 0.00000364. The van der Waals surface area contributed by atoms with Gasteiger partial charge in [-0.2, -0.15) is 0 Å². The molecule has 0 spiro atoms. The number of rotatable bonds is 11. The molecular weight excluding hydrogens is 366 g/mol. The topological polar surface area (TPSA) is 78.8 Å². The highest BCUT2D eigenvalue weighted by Gasteiger charge is 2.15. The molecule has 5 nitrogen and oxygen atoms in total. The van der Waals surface area contributed by atoms with Crippen LogP contribution in [-0.2, 0) is 6.42 Å². The molecule has 0 aliphatic rings. The molecule has 0 saturated heterocycles. The first-order valence-electron chi connectivity index (χ1n) is 9.02. The molecule has 0 aromatic heterocycles. The lowest BCUT2D eigenvalue weighted by molar-refractivity contribution is 0.0950. The lowest BCUT2D eigenvalue weighted by Crippen LogP contribution is -2.32. The van der Waals surface area contributed by atoms with Crippen molar-refractivity contribution in [3.05, 3.63) is 59.7 Å². The van der Waals surface area contributed by atoms with Gasteiger partial charge in [0, 0.05) is 13.0 Å². The zero-order valence-corrected chi connectivity index (χ0v) is 16.4. The summed E-state index contributed by atoms with van der Waals surface area (Å²) in [5, 5.41) is 22.8. The van der Waals surface area contributed by atoms with E-state index in [1.54, 1.807) is 6.07 Å². The number of aryl methyl sites for hydroxylation is 1. The number of nitrogens with one attached hydrogen (secondary N) is 1. The highest BCUT2D eigenvalue weighted by molar-refractivity contribution is 5.99. The second-order valence-corrected chi connectivity index (χ2v) is 6.26. The molecule has 0 aliphatic carbocycles. The largest absolute Gasteiger partial charge is 0.508 e. The van der Waals surface area contributed by atoms with Crippen LogP contribution in [-0.4, -0.2) is 41.8 Å². The number of carbonyl (C=O) groups excluding carboxylic acids is 1. The van der Waals surface area contributed by atoms with E-state index in [-0.39, 0.29) is 30.5 Å². The van der Waals surface area contributed by atoms with Crippen LogP contribution in [0.15, 0.2) is 48.5 Å². The van der Waals surface area contributed by atoms with Crippen LogP contribution >= 0.6 is 12.4 Å². The quantitative estimate of drug-likeness (QED) is 0.403. The number of Topliss-reactive ketones (excluding diaryl/α,β-unsaturated/α-hetero) is 1. The third-order valence-electron chi connectivity index (χ3n) is 3.99. The summed E-state index contributed by atoms with van der Waals surface area (Å²) in [7, 11) is 0. The third kappa shape index (κ3) is 7.99. The van der Waals surface area contributed by atoms with Gasteiger partial charge in [0.1, 0.15) is 24.2 Å². The van der Waals surface area contributed by atoms with Gasteiger partial charge in [-0.15, -0.1) is 12.4 Å². The molecule has 3 N–H and O–H groups in total. The summed E-state index contributed by atoms with van der Waals surface area (Å²) in [5.41, 5.74) is 1.43. The molecule has 0 amide bonds. The van der Waals surface area contributed by atoms with Crippen molar-refractivity contribution in [2.24, 2.45) is 0 Å². The van der Waals surface area contributed by atoms with Crippen LogP contribution in [0.5, 0.6) is 11.5 Å². The molecule has 0 saturated carbocycles. The van der Waals surface area contributed by atoms with Crippen LogP contribution in [0.1, 0.15) is 35.7 Å². The fraction of sp³-hybridized carbons (Fsp3) is 0.381. The maximum absolute atomic E-state index is 12.6. The summed E-state index contributed by atoms with van der Waals surface area (Å²) in [5.74, 6) is 0.305. The number of halogens is 1. The molecule has 6 heteroatoms. The fourth-order valence-electron chi connectivity index (χ4n) is 2.59. The van der Waals surface area contributed by atoms with Gasteiger partial charge in [-0.25, -0.2) is 0 Å². The lowest BCUT2D eigenvalue weighted by Gasteiger charge is -2.15. The van der Waals surface area contributed by atoms with Gasteiger partial charge in [-0.1, -0.05) is 37.3 Å². The van der Waals surface area contributed by atoms with E-state index in [9.17, 15) is 15.0 Å². The van der Waals surface area contributed by atoms with Crippen molar-refractivity contribution in [3.8, 4) is 11.5 Å². The number of aliphatic hydroxyl groups excluding tert-OH is 1. The van der Waals surface area contributed by atoms with E-state index in [2.05, 4.69) is 12.2 Å². The molecule has 0 fully saturated rings. The Bertz CT molecular complexity index is 694. The first-order chi connectivity index (χ1) is 12.6. The number of aromatic hydroxyl groups is 1. The van der Waals surface area contributed by atoms with E-state index < -0.39 is 6.10 Å². The normalized spacial score (nSPS) is 11.5. The molecule has 0 unspecified atom stereocenters. The minimum atomic E-state index is -0.664. The van der Waals surface area contributed by atoms with Crippen LogP contribution in [0.3, 0.4) is 0 Å². The second-order valence-electron chi connectivity index (χ2n) is 6.26. The number of phenols is 1. The Hall–Kier alpha value is -2.08. The van der Waals surface area contributed by atoms with E-state index in [1.165, 1.54) is 12.1 Å². The van der Waals surface area contributed by atoms with Crippen molar-refractivity contribution in [1.29, 1.82) is 0 Å². The molecule has 0 bridgehead atoms. The molecular formula is C21H28ClNO4. The molecule has 2 rings (SSSR count). The maximum Gasteiger partial charge on any atom is 0.167 e. The third-order valence-corrected chi connectivity index (χ3v) is 3.99. The summed E-state index contributed by atoms with van der Waals surface area (Å²) in [6.45, 7) is 3.41. The summed E-state index contributed by atoms with van der Waals surface area (Å²) in [6.07, 6.45) is 1.27. The Morgan fingerprint density at radius 1 is 1.19 bits per heavy atom. The van der Waals surface area contributed by atoms with Crippen molar-refractivity contribution < 1.29 is 19.7 Å². The molecule has 0 heterocycles. The van der Waals surface area contributed by atoms with Gasteiger partial charge in [0.05, 0.1) is 5.56 Å². The van der Waals surface area contributed by atoms with Crippen molar-refractivity contribution in [2.75, 3.05) is 19.7 Å². The molecule has 2 aromatic rings. The standard InChI is InChI=1S/C21H27NO4.ClH/c1-2-12-22-14-18(24)15-26-21-11-9-17(23)13-19(21)20(25)10-8-16-6-4-3-5-7-16;/h3-7,9,11,13,18,22-24H,2,8,10,12,14-15H2,1H3;1H/t18-;/m0./s1. The number of ketones is 1. The number of hydrogen-bond acceptors (Lipinski definition) is 5. The molecule has 1 atom stereocenters. The zero-order chi connectivity index (χ0) is 18.8. The highest BCUT2D eigenvalue weighted by Crippen LogP contribution is 2.25. The highest BCUT2D eigenvalue weighted by atomic mass is 35.5. The molecule has 27 heavy (non-hydrogen) atoms. The number of hydrogen-bond donors (Lipinski definition) is 3. The van der Waals surface area contributed by atoms with Gasteiger partial charge < -0.3 is 20.3 Å². The van der Waals surface area contributed by atoms with Gasteiger partial charge in [0.2, 0.25) is 0 Å². The van der Waals surface area contributed by atoms with Gasteiger partial charge in [-0.05, 0) is 43.1 Å². The Labute approximate surface area is 166 Å². The SMILES string of the molecule is CCCNC[C@H](O)COc1ccc(O)cc1C(=O)CCc1ccccc1.Cl. The Kier molecular flexibility index (Phi) is 10.5. The monoisotopic (exact) mass is 393 g/mol. The lowest BCUT2D eigenvalue weighted by atomic mass is 10.0. The van der Waals surface area contributed by atoms with E-state index >= 15 is 0 Å². The number of carbonyl (C=O) groups is 1. The van der Waals surface area contributed by atoms with Crippen molar-refractivity contribution in [3.63, 3.8) is 0 Å². The maximum atomic E-state index is 12.6. The minimum Gasteiger partial charge on any atom is -0.508 e. The smallest absolute Gasteiger partial charge is 0.167 e. The second kappa shape index (κ2) is 12.3. The van der Waals surface area contributed by atoms with Crippen LogP contribution in [0.4, 0.5) is 0 Å². The van der Waals surface area contributed by atoms with Crippen LogP contribution in [0.25, 0.3) is 0 Å². The first-order valence-corrected chi connectivity index (χ1v) is 9.02. The van der Waals surface area contributed by atoms with E-state index in [0.29, 0.717) is 30.7 Å². The Morgan fingerprint density at radius 2 is 1.93 bits per heavy atom. The van der Waals surface area contributed by atoms with Gasteiger partial charge >= 0.3 is 0 Å². The van der Waals surface area contributed by atoms with Crippen molar-refractivity contribution >= 4 is 18.2 Å². The predicted octanol–water partition coefficient (Wildman–Crippen LogP) is 3.37. The predicted molar refractivity (Wildman–Crippen MR) is 109 cm³/mol. The van der Waals surface area contributed by atoms with Gasteiger partial charge in [0.25, 0.3) is 0 Å². The number of aliphatic hydroxyl groups is 1. The van der Waals surface area contributed by atoms with Crippen LogP contribution in [0, 0.1) is 0 Å². The number of phenolic OH excluding ortho intramolecular Hbond substituents is 1. The van der Waals surface area contributed by atoms with E-state index in [1.807, 2.05) is 30.3 Å². The first kappa shape index (κ1) is 23.0. The summed E-state index contributed by atoms with van der Waals surface area (Å²) in [6, 6.07) is 14.2. The van der Waals surface area contributed by atoms with Crippen molar-refractivity contribution in [2.45, 2.75) is 32.3 Å². The van der Waals surface area contributed by atoms with Gasteiger partial charge in [0.15, 0.2) is 5.78 Å².